The number of aryl methyl sites for hydroxylation is 1. The van der Waals surface area contributed by atoms with Crippen LogP contribution in [0.15, 0.2) is 29.3 Å². The van der Waals surface area contributed by atoms with Gasteiger partial charge >= 0.3 is 0 Å². The number of hydrogen-bond acceptors (Lipinski definition) is 2. The monoisotopic (exact) mass is 291 g/mol. The van der Waals surface area contributed by atoms with Crippen LogP contribution >= 0.6 is 0 Å². The van der Waals surface area contributed by atoms with Gasteiger partial charge in [0.15, 0.2) is 5.96 Å². The lowest BCUT2D eigenvalue weighted by Crippen LogP contribution is -2.38. The second kappa shape index (κ2) is 11.0. The number of guanidine groups is 1. The summed E-state index contributed by atoms with van der Waals surface area (Å²) in [6.45, 7) is 6.92. The topological polar surface area (TPSA) is 45.7 Å². The molecular weight excluding hydrogens is 262 g/mol. The summed E-state index contributed by atoms with van der Waals surface area (Å²) in [6.07, 6.45) is 4.47. The molecule has 1 aromatic carbocycles. The molecule has 4 heteroatoms. The van der Waals surface area contributed by atoms with Crippen LogP contribution in [0.25, 0.3) is 0 Å². The van der Waals surface area contributed by atoms with Gasteiger partial charge in [-0.1, -0.05) is 31.0 Å². The van der Waals surface area contributed by atoms with Crippen molar-refractivity contribution in [2.45, 2.75) is 39.5 Å². The summed E-state index contributed by atoms with van der Waals surface area (Å²) in [6, 6.07) is 8.19. The molecule has 4 nitrogen and oxygen atoms in total. The van der Waals surface area contributed by atoms with E-state index in [1.165, 1.54) is 18.4 Å². The van der Waals surface area contributed by atoms with Crippen molar-refractivity contribution in [1.29, 1.82) is 0 Å². The van der Waals surface area contributed by atoms with Crippen LogP contribution in [0.4, 0.5) is 0 Å². The molecule has 1 rings (SSSR count). The van der Waals surface area contributed by atoms with Crippen LogP contribution in [0, 0.1) is 6.92 Å². The summed E-state index contributed by atoms with van der Waals surface area (Å²) in [5, 5.41) is 6.62. The number of aliphatic imine (C=N–C) groups is 1. The first-order valence-electron chi connectivity index (χ1n) is 7.90. The fourth-order valence-electron chi connectivity index (χ4n) is 1.86. The van der Waals surface area contributed by atoms with Crippen LogP contribution in [0.1, 0.15) is 38.2 Å². The highest BCUT2D eigenvalue weighted by Gasteiger charge is 1.97. The molecule has 0 atom stereocenters. The Morgan fingerprint density at radius 3 is 2.33 bits per heavy atom. The molecule has 21 heavy (non-hydrogen) atoms. The normalized spacial score (nSPS) is 11.3. The van der Waals surface area contributed by atoms with Crippen molar-refractivity contribution < 1.29 is 4.74 Å². The van der Waals surface area contributed by atoms with Crippen molar-refractivity contribution in [2.24, 2.45) is 4.99 Å². The van der Waals surface area contributed by atoms with Crippen molar-refractivity contribution in [1.82, 2.24) is 10.6 Å². The summed E-state index contributed by atoms with van der Waals surface area (Å²) in [5.74, 6) is 1.84. The van der Waals surface area contributed by atoms with Gasteiger partial charge in [0.05, 0.1) is 6.61 Å². The molecule has 0 amide bonds. The highest BCUT2D eigenvalue weighted by Crippen LogP contribution is 2.11. The van der Waals surface area contributed by atoms with Gasteiger partial charge in [0, 0.05) is 20.1 Å². The Balaban J connectivity index is 2.04. The molecule has 0 aliphatic heterocycles. The molecule has 0 aromatic heterocycles. The van der Waals surface area contributed by atoms with Gasteiger partial charge in [-0.3, -0.25) is 4.99 Å². The minimum absolute atomic E-state index is 0.757. The summed E-state index contributed by atoms with van der Waals surface area (Å²) in [7, 11) is 1.81. The molecule has 2 N–H and O–H groups in total. The third-order valence-corrected chi connectivity index (χ3v) is 3.20. The zero-order valence-electron chi connectivity index (χ0n) is 13.6. The largest absolute Gasteiger partial charge is 0.494 e. The fraction of sp³-hybridized carbons (Fsp3) is 0.588. The van der Waals surface area contributed by atoms with Crippen LogP contribution < -0.4 is 15.4 Å². The molecule has 0 unspecified atom stereocenters. The summed E-state index contributed by atoms with van der Waals surface area (Å²) in [5.41, 5.74) is 1.26. The molecule has 1 aromatic rings. The zero-order chi connectivity index (χ0) is 15.3. The molecule has 0 saturated heterocycles. The van der Waals surface area contributed by atoms with Gasteiger partial charge in [-0.15, -0.1) is 0 Å². The van der Waals surface area contributed by atoms with E-state index in [1.807, 2.05) is 19.2 Å². The van der Waals surface area contributed by atoms with E-state index in [0.717, 1.165) is 44.2 Å². The smallest absolute Gasteiger partial charge is 0.190 e. The fourth-order valence-corrected chi connectivity index (χ4v) is 1.86. The van der Waals surface area contributed by atoms with Gasteiger partial charge in [0.1, 0.15) is 5.75 Å². The van der Waals surface area contributed by atoms with E-state index in [4.69, 9.17) is 4.74 Å². The molecule has 0 bridgehead atoms. The van der Waals surface area contributed by atoms with E-state index in [2.05, 4.69) is 41.6 Å². The molecule has 0 radical (unpaired) electrons. The number of benzene rings is 1. The Morgan fingerprint density at radius 1 is 1.05 bits per heavy atom. The lowest BCUT2D eigenvalue weighted by Gasteiger charge is -2.11. The quantitative estimate of drug-likeness (QED) is 0.417. The van der Waals surface area contributed by atoms with E-state index >= 15 is 0 Å². The van der Waals surface area contributed by atoms with Crippen molar-refractivity contribution in [3.63, 3.8) is 0 Å². The van der Waals surface area contributed by atoms with E-state index in [-0.39, 0.29) is 0 Å². The Kier molecular flexibility index (Phi) is 9.09. The lowest BCUT2D eigenvalue weighted by molar-refractivity contribution is 0.307. The van der Waals surface area contributed by atoms with Crippen LogP contribution in [-0.2, 0) is 0 Å². The van der Waals surface area contributed by atoms with Gasteiger partial charge in [0.25, 0.3) is 0 Å². The maximum absolute atomic E-state index is 5.70. The second-order valence-corrected chi connectivity index (χ2v) is 5.15. The highest BCUT2D eigenvalue weighted by molar-refractivity contribution is 5.79. The lowest BCUT2D eigenvalue weighted by atomic mass is 10.2. The maximum atomic E-state index is 5.70. The Hall–Kier alpha value is -1.71. The summed E-state index contributed by atoms with van der Waals surface area (Å²) in [4.78, 5) is 4.20. The van der Waals surface area contributed by atoms with Gasteiger partial charge in [-0.2, -0.15) is 0 Å². The molecule has 0 spiro atoms. The van der Waals surface area contributed by atoms with Crippen LogP contribution in [0.2, 0.25) is 0 Å². The second-order valence-electron chi connectivity index (χ2n) is 5.15. The Bertz CT molecular complexity index is 401. The predicted octanol–water partition coefficient (Wildman–Crippen LogP) is 3.12. The van der Waals surface area contributed by atoms with Gasteiger partial charge in [0.2, 0.25) is 0 Å². The minimum Gasteiger partial charge on any atom is -0.494 e. The molecule has 0 aliphatic carbocycles. The predicted molar refractivity (Wildman–Crippen MR) is 90.2 cm³/mol. The zero-order valence-corrected chi connectivity index (χ0v) is 13.6. The minimum atomic E-state index is 0.757. The number of unbranched alkanes of at least 4 members (excludes halogenated alkanes) is 2. The first-order chi connectivity index (χ1) is 10.3. The van der Waals surface area contributed by atoms with Crippen molar-refractivity contribution >= 4 is 5.96 Å². The SMILES string of the molecule is CCCCNC(=NC)NCCCCOc1ccc(C)cc1. The molecule has 0 aliphatic rings. The molecule has 118 valence electrons. The average Bonchev–Trinajstić information content (AvgIpc) is 2.50. The van der Waals surface area contributed by atoms with E-state index < -0.39 is 0 Å². The third-order valence-electron chi connectivity index (χ3n) is 3.20. The Labute approximate surface area is 129 Å². The first-order valence-corrected chi connectivity index (χ1v) is 7.90. The number of rotatable bonds is 9. The van der Waals surface area contributed by atoms with Crippen molar-refractivity contribution in [2.75, 3.05) is 26.7 Å². The van der Waals surface area contributed by atoms with Crippen LogP contribution in [0.5, 0.6) is 5.75 Å². The van der Waals surface area contributed by atoms with E-state index in [0.29, 0.717) is 0 Å². The maximum Gasteiger partial charge on any atom is 0.190 e. The number of hydrogen-bond donors (Lipinski definition) is 2. The van der Waals surface area contributed by atoms with E-state index in [9.17, 15) is 0 Å². The number of nitrogens with zero attached hydrogens (tertiary/aromatic N) is 1. The summed E-state index contributed by atoms with van der Waals surface area (Å²) < 4.78 is 5.70. The molecule has 0 saturated carbocycles. The number of ether oxygens (including phenoxy) is 1. The van der Waals surface area contributed by atoms with Gasteiger partial charge in [-0.25, -0.2) is 0 Å². The molecule has 0 heterocycles. The van der Waals surface area contributed by atoms with Crippen molar-refractivity contribution in [3.8, 4) is 5.75 Å². The highest BCUT2D eigenvalue weighted by atomic mass is 16.5. The Morgan fingerprint density at radius 2 is 1.71 bits per heavy atom. The van der Waals surface area contributed by atoms with Gasteiger partial charge in [-0.05, 0) is 38.3 Å². The van der Waals surface area contributed by atoms with Crippen LogP contribution in [0.3, 0.4) is 0 Å². The van der Waals surface area contributed by atoms with Gasteiger partial charge < -0.3 is 15.4 Å². The molecule has 0 fully saturated rings. The average molecular weight is 291 g/mol. The van der Waals surface area contributed by atoms with Crippen molar-refractivity contribution in [3.05, 3.63) is 29.8 Å². The van der Waals surface area contributed by atoms with Crippen LogP contribution in [-0.4, -0.2) is 32.7 Å². The third kappa shape index (κ3) is 8.23. The summed E-state index contributed by atoms with van der Waals surface area (Å²) >= 11 is 0. The van der Waals surface area contributed by atoms with E-state index in [1.54, 1.807) is 0 Å². The first kappa shape index (κ1) is 17.3. The number of nitrogens with one attached hydrogen (secondary N) is 2. The standard InChI is InChI=1S/C17H29N3O/c1-4-5-12-19-17(18-3)20-13-6-7-14-21-16-10-8-15(2)9-11-16/h8-11H,4-7,12-14H2,1-3H3,(H2,18,19,20). The molecular formula is C17H29N3O.